The van der Waals surface area contributed by atoms with Gasteiger partial charge in [-0.05, 0) is 5.92 Å². The first-order valence-corrected chi connectivity index (χ1v) is 3.63. The van der Waals surface area contributed by atoms with Crippen molar-refractivity contribution in [2.24, 2.45) is 5.92 Å². The maximum Gasteiger partial charge on any atom is 0.407 e. The van der Waals surface area contributed by atoms with Crippen molar-refractivity contribution in [1.82, 2.24) is 5.32 Å². The van der Waals surface area contributed by atoms with E-state index >= 15 is 0 Å². The van der Waals surface area contributed by atoms with Crippen molar-refractivity contribution in [1.29, 1.82) is 0 Å². The monoisotopic (exact) mass is 143 g/mol. The summed E-state index contributed by atoms with van der Waals surface area (Å²) in [6.45, 7) is 4.75. The average molecular weight is 143 g/mol. The molecule has 1 fully saturated rings. The summed E-state index contributed by atoms with van der Waals surface area (Å²) in [5.74, 6) is 0.507. The lowest BCUT2D eigenvalue weighted by molar-refractivity contribution is 0.107. The van der Waals surface area contributed by atoms with Gasteiger partial charge in [0.05, 0.1) is 6.61 Å². The Morgan fingerprint density at radius 2 is 2.40 bits per heavy atom. The van der Waals surface area contributed by atoms with E-state index in [1.54, 1.807) is 0 Å². The van der Waals surface area contributed by atoms with Gasteiger partial charge >= 0.3 is 6.09 Å². The quantitative estimate of drug-likeness (QED) is 0.597. The molecule has 1 amide bonds. The molecule has 0 saturated carbocycles. The van der Waals surface area contributed by atoms with Gasteiger partial charge in [0.25, 0.3) is 0 Å². The second kappa shape index (κ2) is 2.90. The van der Waals surface area contributed by atoms with E-state index in [1.165, 1.54) is 0 Å². The van der Waals surface area contributed by atoms with Crippen molar-refractivity contribution in [3.8, 4) is 0 Å². The summed E-state index contributed by atoms with van der Waals surface area (Å²) in [6, 6.07) is 0.307. The summed E-state index contributed by atoms with van der Waals surface area (Å²) in [6.07, 6.45) is 0.661. The Kier molecular flexibility index (Phi) is 2.14. The number of amides is 1. The summed E-state index contributed by atoms with van der Waals surface area (Å²) in [7, 11) is 0. The highest BCUT2D eigenvalue weighted by molar-refractivity contribution is 5.68. The first kappa shape index (κ1) is 7.38. The molecule has 1 rings (SSSR count). The molecule has 3 heteroatoms. The summed E-state index contributed by atoms with van der Waals surface area (Å²) in [5.41, 5.74) is 0. The van der Waals surface area contributed by atoms with Crippen molar-refractivity contribution >= 4 is 6.09 Å². The topological polar surface area (TPSA) is 38.3 Å². The van der Waals surface area contributed by atoms with Crippen LogP contribution in [0.1, 0.15) is 20.3 Å². The number of hydrogen-bond donors (Lipinski definition) is 1. The lowest BCUT2D eigenvalue weighted by atomic mass is 10.0. The lowest BCUT2D eigenvalue weighted by Gasteiger charge is -2.26. The molecule has 0 aromatic carbocycles. The number of alkyl carbamates (subject to hydrolysis) is 1. The predicted molar refractivity (Wildman–Crippen MR) is 37.7 cm³/mol. The number of carbonyl (C=O) groups is 1. The highest BCUT2D eigenvalue weighted by Gasteiger charge is 2.21. The fraction of sp³-hybridized carbons (Fsp3) is 0.857. The Labute approximate surface area is 60.7 Å². The number of rotatable bonds is 1. The zero-order valence-electron chi connectivity index (χ0n) is 6.39. The average Bonchev–Trinajstić information content (AvgIpc) is 1.88. The second-order valence-corrected chi connectivity index (χ2v) is 2.92. The zero-order chi connectivity index (χ0) is 7.56. The smallest absolute Gasteiger partial charge is 0.407 e. The van der Waals surface area contributed by atoms with Crippen molar-refractivity contribution < 1.29 is 9.53 Å². The summed E-state index contributed by atoms with van der Waals surface area (Å²) in [4.78, 5) is 10.6. The number of carbonyl (C=O) groups excluding carboxylic acids is 1. The third kappa shape index (κ3) is 1.62. The van der Waals surface area contributed by atoms with E-state index < -0.39 is 0 Å². The fourth-order valence-electron chi connectivity index (χ4n) is 1.04. The maximum absolute atomic E-state index is 10.6. The van der Waals surface area contributed by atoms with Crippen molar-refractivity contribution in [2.45, 2.75) is 26.3 Å². The van der Waals surface area contributed by atoms with Gasteiger partial charge < -0.3 is 10.1 Å². The molecular weight excluding hydrogens is 130 g/mol. The predicted octanol–water partition coefficient (Wildman–Crippen LogP) is 1.14. The second-order valence-electron chi connectivity index (χ2n) is 2.92. The molecule has 1 aliphatic heterocycles. The largest absolute Gasteiger partial charge is 0.449 e. The van der Waals surface area contributed by atoms with Gasteiger partial charge in [-0.1, -0.05) is 13.8 Å². The number of nitrogens with one attached hydrogen (secondary N) is 1. The Morgan fingerprint density at radius 3 is 2.80 bits per heavy atom. The van der Waals surface area contributed by atoms with Crippen molar-refractivity contribution in [2.75, 3.05) is 6.61 Å². The first-order chi connectivity index (χ1) is 4.70. The number of hydrogen-bond acceptors (Lipinski definition) is 2. The molecule has 1 unspecified atom stereocenters. The Morgan fingerprint density at radius 1 is 1.70 bits per heavy atom. The first-order valence-electron chi connectivity index (χ1n) is 3.63. The molecule has 1 heterocycles. The minimum Gasteiger partial charge on any atom is -0.449 e. The minimum atomic E-state index is -0.273. The summed E-state index contributed by atoms with van der Waals surface area (Å²) >= 11 is 0. The summed E-state index contributed by atoms with van der Waals surface area (Å²) < 4.78 is 4.71. The Bertz CT molecular complexity index is 134. The van der Waals surface area contributed by atoms with Gasteiger partial charge in [0, 0.05) is 12.5 Å². The molecule has 10 heavy (non-hydrogen) atoms. The van der Waals surface area contributed by atoms with Crippen LogP contribution < -0.4 is 5.32 Å². The van der Waals surface area contributed by atoms with E-state index in [1.807, 2.05) is 0 Å². The van der Waals surface area contributed by atoms with Crippen LogP contribution in [0.5, 0.6) is 0 Å². The minimum absolute atomic E-state index is 0.273. The standard InChI is InChI=1S/C7H13NO2/c1-5(2)6-3-4-10-7(9)8-6/h5-6H,3-4H2,1-2H3,(H,8,9). The molecule has 0 aromatic rings. The van der Waals surface area contributed by atoms with Gasteiger partial charge in [0.1, 0.15) is 0 Å². The van der Waals surface area contributed by atoms with Crippen LogP contribution in [0.3, 0.4) is 0 Å². The zero-order valence-corrected chi connectivity index (χ0v) is 6.39. The molecule has 1 N–H and O–H groups in total. The van der Waals surface area contributed by atoms with E-state index in [2.05, 4.69) is 19.2 Å². The van der Waals surface area contributed by atoms with Crippen molar-refractivity contribution in [3.05, 3.63) is 0 Å². The number of cyclic esters (lactones) is 1. The van der Waals surface area contributed by atoms with Gasteiger partial charge in [-0.25, -0.2) is 4.79 Å². The van der Waals surface area contributed by atoms with Gasteiger partial charge in [0.2, 0.25) is 0 Å². The molecule has 0 aliphatic carbocycles. The van der Waals surface area contributed by atoms with E-state index in [4.69, 9.17) is 4.74 Å². The van der Waals surface area contributed by atoms with Crippen LogP contribution in [-0.2, 0) is 4.74 Å². The van der Waals surface area contributed by atoms with Crippen molar-refractivity contribution in [3.63, 3.8) is 0 Å². The van der Waals surface area contributed by atoms with E-state index in [9.17, 15) is 4.79 Å². The fourth-order valence-corrected chi connectivity index (χ4v) is 1.04. The number of ether oxygens (including phenoxy) is 1. The lowest BCUT2D eigenvalue weighted by Crippen LogP contribution is -2.44. The van der Waals surface area contributed by atoms with Gasteiger partial charge in [-0.15, -0.1) is 0 Å². The van der Waals surface area contributed by atoms with Gasteiger partial charge in [-0.3, -0.25) is 0 Å². The van der Waals surface area contributed by atoms with Crippen LogP contribution in [0, 0.1) is 5.92 Å². The molecule has 0 bridgehead atoms. The van der Waals surface area contributed by atoms with Gasteiger partial charge in [0.15, 0.2) is 0 Å². The maximum atomic E-state index is 10.6. The SMILES string of the molecule is CC(C)C1CCOC(=O)N1. The summed E-state index contributed by atoms with van der Waals surface area (Å²) in [5, 5.41) is 2.75. The van der Waals surface area contributed by atoms with Crippen LogP contribution in [-0.4, -0.2) is 18.7 Å². The van der Waals surface area contributed by atoms with Crippen LogP contribution >= 0.6 is 0 Å². The Hall–Kier alpha value is -0.730. The normalized spacial score (nSPS) is 25.9. The third-order valence-corrected chi connectivity index (χ3v) is 1.77. The molecule has 0 aromatic heterocycles. The molecule has 1 saturated heterocycles. The molecule has 1 aliphatic rings. The van der Waals surface area contributed by atoms with E-state index in [-0.39, 0.29) is 6.09 Å². The molecule has 0 spiro atoms. The molecule has 0 radical (unpaired) electrons. The molecule has 3 nitrogen and oxygen atoms in total. The van der Waals surface area contributed by atoms with Crippen LogP contribution in [0.15, 0.2) is 0 Å². The van der Waals surface area contributed by atoms with Crippen LogP contribution in [0.25, 0.3) is 0 Å². The highest BCUT2D eigenvalue weighted by atomic mass is 16.5. The highest BCUT2D eigenvalue weighted by Crippen LogP contribution is 2.09. The van der Waals surface area contributed by atoms with Crippen LogP contribution in [0.2, 0.25) is 0 Å². The van der Waals surface area contributed by atoms with E-state index in [0.29, 0.717) is 18.6 Å². The van der Waals surface area contributed by atoms with Crippen LogP contribution in [0.4, 0.5) is 4.79 Å². The van der Waals surface area contributed by atoms with Gasteiger partial charge in [-0.2, -0.15) is 0 Å². The third-order valence-electron chi connectivity index (χ3n) is 1.77. The molecule has 1 atom stereocenters. The van der Waals surface area contributed by atoms with E-state index in [0.717, 1.165) is 6.42 Å². The molecule has 58 valence electrons. The Balaban J connectivity index is 2.39. The molecular formula is C7H13NO2.